The van der Waals surface area contributed by atoms with Crippen molar-refractivity contribution in [3.05, 3.63) is 0 Å². The van der Waals surface area contributed by atoms with Crippen molar-refractivity contribution in [1.29, 1.82) is 0 Å². The van der Waals surface area contributed by atoms with Crippen LogP contribution in [0.1, 0.15) is 0 Å². The van der Waals surface area contributed by atoms with Crippen molar-refractivity contribution < 1.29 is 29.5 Å². The number of halogens is 1. The summed E-state index contributed by atoms with van der Waals surface area (Å²) in [4.78, 5) is 11.8. The second-order valence-corrected chi connectivity index (χ2v) is 2.38. The van der Waals surface area contributed by atoms with E-state index in [1.54, 1.807) is 0 Å². The minimum atomic E-state index is -0.387. The molecule has 0 atom stereocenters. The van der Waals surface area contributed by atoms with Crippen LogP contribution in [0.4, 0.5) is 0 Å². The normalized spacial score (nSPS) is 9.29. The van der Waals surface area contributed by atoms with E-state index in [4.69, 9.17) is 8.80 Å². The van der Waals surface area contributed by atoms with Crippen LogP contribution in [0.5, 0.6) is 0 Å². The van der Waals surface area contributed by atoms with Crippen LogP contribution in [0.15, 0.2) is 0 Å². The monoisotopic (exact) mass is 216 g/mol. The molecule has 0 unspecified atom stereocenters. The summed E-state index contributed by atoms with van der Waals surface area (Å²) in [6.07, 6.45) is 0. The summed E-state index contributed by atoms with van der Waals surface area (Å²) in [6.45, 7) is 0.0871. The van der Waals surface area contributed by atoms with Gasteiger partial charge in [0.15, 0.2) is 0 Å². The van der Waals surface area contributed by atoms with Crippen LogP contribution in [0.3, 0.4) is 0 Å². The summed E-state index contributed by atoms with van der Waals surface area (Å²) in [5, 5.41) is 0. The van der Waals surface area contributed by atoms with E-state index in [0.717, 1.165) is 0 Å². The molecule has 1 amide bonds. The van der Waals surface area contributed by atoms with Crippen LogP contribution < -0.4 is 27.4 Å². The number of hydrogen-bond acceptors (Lipinski definition) is 2. The SMILES string of the molecule is C[I-]OCC(N)=O. The Kier molecular flexibility index (Phi) is 4.42. The topological polar surface area (TPSA) is 52.3 Å². The summed E-state index contributed by atoms with van der Waals surface area (Å²) < 4.78 is 4.73. The summed E-state index contributed by atoms with van der Waals surface area (Å²) in [5.74, 6) is -0.387. The van der Waals surface area contributed by atoms with E-state index in [-0.39, 0.29) is 34.1 Å². The molecule has 0 fully saturated rings. The predicted octanol–water partition coefficient (Wildman–Crippen LogP) is -3.88. The Hall–Kier alpha value is 0.160. The van der Waals surface area contributed by atoms with E-state index in [2.05, 4.69) is 0 Å². The molecule has 0 bridgehead atoms. The van der Waals surface area contributed by atoms with Gasteiger partial charge in [0, 0.05) is 0 Å². The fourth-order valence-electron chi connectivity index (χ4n) is 0.108. The quantitative estimate of drug-likeness (QED) is 0.387. The Balaban J connectivity index is 2.82. The van der Waals surface area contributed by atoms with Crippen molar-refractivity contribution in [3.63, 3.8) is 0 Å². The molecule has 0 aromatic rings. The van der Waals surface area contributed by atoms with Gasteiger partial charge in [-0.15, -0.1) is 0 Å². The van der Waals surface area contributed by atoms with Crippen molar-refractivity contribution in [3.8, 4) is 0 Å². The number of primary amides is 1. The third-order valence-corrected chi connectivity index (χ3v) is 1.24. The van der Waals surface area contributed by atoms with Crippen molar-refractivity contribution >= 4 is 5.91 Å². The summed E-state index contributed by atoms with van der Waals surface area (Å²) in [7, 11) is 0. The first-order chi connectivity index (χ1) is 3.27. The van der Waals surface area contributed by atoms with Gasteiger partial charge in [0.25, 0.3) is 0 Å². The number of alkyl halides is 1. The van der Waals surface area contributed by atoms with E-state index < -0.39 is 0 Å². The third kappa shape index (κ3) is 6.16. The first-order valence-corrected chi connectivity index (χ1v) is 4.71. The molecule has 3 nitrogen and oxygen atoms in total. The molecule has 0 aromatic heterocycles. The Morgan fingerprint density at radius 3 is 2.71 bits per heavy atom. The summed E-state index contributed by atoms with van der Waals surface area (Å²) >= 11 is -0.227. The summed E-state index contributed by atoms with van der Waals surface area (Å²) in [5.41, 5.74) is 4.73. The maximum atomic E-state index is 9.87. The van der Waals surface area contributed by atoms with Gasteiger partial charge in [-0.3, -0.25) is 0 Å². The van der Waals surface area contributed by atoms with Crippen molar-refractivity contribution in [1.82, 2.24) is 0 Å². The minimum absolute atomic E-state index is 0.0871. The van der Waals surface area contributed by atoms with Crippen LogP contribution in [0, 0.1) is 0 Å². The fourth-order valence-corrected chi connectivity index (χ4v) is 0.727. The summed E-state index contributed by atoms with van der Waals surface area (Å²) in [6, 6.07) is 0. The van der Waals surface area contributed by atoms with Gasteiger partial charge in [-0.25, -0.2) is 0 Å². The zero-order valence-corrected chi connectivity index (χ0v) is 6.14. The number of carbonyl (C=O) groups is 1. The van der Waals surface area contributed by atoms with E-state index in [9.17, 15) is 4.79 Å². The molecule has 7 heavy (non-hydrogen) atoms. The number of rotatable bonds is 3. The van der Waals surface area contributed by atoms with Crippen molar-refractivity contribution in [2.24, 2.45) is 5.73 Å². The van der Waals surface area contributed by atoms with Crippen LogP contribution in [-0.2, 0) is 7.86 Å². The van der Waals surface area contributed by atoms with Crippen LogP contribution in [0.25, 0.3) is 0 Å². The van der Waals surface area contributed by atoms with Crippen LogP contribution in [0.2, 0.25) is 0 Å². The fraction of sp³-hybridized carbons (Fsp3) is 0.667. The van der Waals surface area contributed by atoms with E-state index in [1.165, 1.54) is 0 Å². The molecular weight excluding hydrogens is 209 g/mol. The zero-order chi connectivity index (χ0) is 5.70. The molecule has 0 aliphatic carbocycles. The van der Waals surface area contributed by atoms with Gasteiger partial charge in [-0.2, -0.15) is 0 Å². The van der Waals surface area contributed by atoms with E-state index in [0.29, 0.717) is 0 Å². The average molecular weight is 216 g/mol. The predicted molar refractivity (Wildman–Crippen MR) is 21.1 cm³/mol. The zero-order valence-electron chi connectivity index (χ0n) is 3.98. The van der Waals surface area contributed by atoms with Gasteiger partial charge in [0.2, 0.25) is 0 Å². The van der Waals surface area contributed by atoms with Gasteiger partial charge in [0.1, 0.15) is 0 Å². The molecule has 0 aliphatic heterocycles. The van der Waals surface area contributed by atoms with Gasteiger partial charge in [-0.1, -0.05) is 0 Å². The molecule has 0 spiro atoms. The maximum absolute atomic E-state index is 9.87. The second kappa shape index (κ2) is 4.32. The first-order valence-electron chi connectivity index (χ1n) is 1.67. The molecule has 4 heteroatoms. The Morgan fingerprint density at radius 1 is 2.00 bits per heavy atom. The van der Waals surface area contributed by atoms with Crippen LogP contribution in [-0.4, -0.2) is 17.4 Å². The molecule has 0 radical (unpaired) electrons. The average Bonchev–Trinajstić information content (AvgIpc) is 1.61. The Bertz CT molecular complexity index is 66.0. The standard InChI is InChI=1S/C3H7INO2/c1-4-7-2-3(5)6/h2H2,1H3,(H2,5,6)/q-1. The number of carbonyl (C=O) groups excluding carboxylic acids is 1. The molecule has 2 N–H and O–H groups in total. The van der Waals surface area contributed by atoms with Gasteiger partial charge < -0.3 is 0 Å². The number of amides is 1. The molecule has 0 aromatic carbocycles. The molecule has 0 saturated heterocycles. The molecular formula is C3H7INO2-. The molecule has 0 rings (SSSR count). The van der Waals surface area contributed by atoms with Gasteiger partial charge >= 0.3 is 52.7 Å². The van der Waals surface area contributed by atoms with Crippen LogP contribution >= 0.6 is 0 Å². The van der Waals surface area contributed by atoms with Gasteiger partial charge in [-0.05, 0) is 0 Å². The number of hydrogen-bond donors (Lipinski definition) is 1. The van der Waals surface area contributed by atoms with Crippen molar-refractivity contribution in [2.75, 3.05) is 11.5 Å². The molecule has 44 valence electrons. The molecule has 0 heterocycles. The van der Waals surface area contributed by atoms with Gasteiger partial charge in [0.05, 0.1) is 0 Å². The Labute approximate surface area is 53.0 Å². The van der Waals surface area contributed by atoms with Crippen molar-refractivity contribution in [2.45, 2.75) is 0 Å². The van der Waals surface area contributed by atoms with E-state index in [1.807, 2.05) is 4.93 Å². The number of nitrogens with two attached hydrogens (primary N) is 1. The third-order valence-electron chi connectivity index (χ3n) is 0.306. The molecule has 0 saturated carbocycles. The second-order valence-electron chi connectivity index (χ2n) is 0.874. The van der Waals surface area contributed by atoms with E-state index >= 15 is 0 Å². The first kappa shape index (κ1) is 7.16. The Morgan fingerprint density at radius 2 is 2.57 bits per heavy atom. The molecule has 0 aliphatic rings.